The molecular weight excluding hydrogens is 322 g/mol. The van der Waals surface area contributed by atoms with Crippen LogP contribution in [0, 0.1) is 0 Å². The van der Waals surface area contributed by atoms with Crippen molar-refractivity contribution in [3.8, 4) is 0 Å². The highest BCUT2D eigenvalue weighted by Crippen LogP contribution is 2.15. The Balaban J connectivity index is 1.38. The number of amides is 1. The Hall–Kier alpha value is -1.99. The van der Waals surface area contributed by atoms with Gasteiger partial charge in [-0.2, -0.15) is 0 Å². The zero-order chi connectivity index (χ0) is 16.8. The number of hydrogen-bond acceptors (Lipinski definition) is 6. The number of carbonyl (C=O) groups is 1. The van der Waals surface area contributed by atoms with Crippen LogP contribution in [0.4, 0.5) is 5.82 Å². The summed E-state index contributed by atoms with van der Waals surface area (Å²) in [4.78, 5) is 25.4. The summed E-state index contributed by atoms with van der Waals surface area (Å²) in [6.45, 7) is 6.61. The molecule has 7 heteroatoms. The highest BCUT2D eigenvalue weighted by atomic mass is 32.1. The van der Waals surface area contributed by atoms with Crippen molar-refractivity contribution in [2.45, 2.75) is 19.4 Å². The Kier molecular flexibility index (Phi) is 5.77. The highest BCUT2D eigenvalue weighted by molar-refractivity contribution is 7.09. The first-order chi connectivity index (χ1) is 11.7. The van der Waals surface area contributed by atoms with E-state index in [-0.39, 0.29) is 11.9 Å². The predicted octanol–water partition coefficient (Wildman–Crippen LogP) is 1.93. The summed E-state index contributed by atoms with van der Waals surface area (Å²) in [5, 5.41) is 5.90. The Morgan fingerprint density at radius 1 is 1.25 bits per heavy atom. The fourth-order valence-corrected chi connectivity index (χ4v) is 3.47. The van der Waals surface area contributed by atoms with Crippen molar-refractivity contribution >= 4 is 23.1 Å². The smallest absolute Gasteiger partial charge is 0.221 e. The van der Waals surface area contributed by atoms with Crippen LogP contribution in [-0.2, 0) is 4.79 Å². The lowest BCUT2D eigenvalue weighted by molar-refractivity contribution is -0.122. The molecule has 0 radical (unpaired) electrons. The molecule has 0 saturated carbocycles. The summed E-state index contributed by atoms with van der Waals surface area (Å²) < 4.78 is 0. The number of hydrogen-bond donors (Lipinski definition) is 1. The third kappa shape index (κ3) is 4.52. The van der Waals surface area contributed by atoms with Gasteiger partial charge in [0.25, 0.3) is 0 Å². The van der Waals surface area contributed by atoms with Gasteiger partial charge < -0.3 is 10.2 Å². The topological polar surface area (TPSA) is 61.4 Å². The number of carbonyl (C=O) groups excluding carboxylic acids is 1. The molecule has 2 aromatic rings. The second-order valence-corrected chi connectivity index (χ2v) is 6.85. The number of nitrogens with zero attached hydrogens (tertiary/aromatic N) is 4. The van der Waals surface area contributed by atoms with Crippen molar-refractivity contribution in [1.82, 2.24) is 20.2 Å². The van der Waals surface area contributed by atoms with Gasteiger partial charge in [-0.3, -0.25) is 9.69 Å². The van der Waals surface area contributed by atoms with E-state index < -0.39 is 0 Å². The normalized spacial score (nSPS) is 16.8. The number of pyridine rings is 1. The maximum Gasteiger partial charge on any atom is 0.221 e. The summed E-state index contributed by atoms with van der Waals surface area (Å²) in [7, 11) is 0. The van der Waals surface area contributed by atoms with Crippen molar-refractivity contribution in [2.24, 2.45) is 0 Å². The van der Waals surface area contributed by atoms with Crippen LogP contribution >= 0.6 is 11.3 Å². The second-order valence-electron chi connectivity index (χ2n) is 5.93. The number of rotatable bonds is 6. The van der Waals surface area contributed by atoms with Crippen molar-refractivity contribution in [3.05, 3.63) is 41.0 Å². The van der Waals surface area contributed by atoms with Crippen LogP contribution in [0.25, 0.3) is 0 Å². The van der Waals surface area contributed by atoms with Crippen LogP contribution in [0.1, 0.15) is 24.4 Å². The standard InChI is InChI=1S/C17H23N5OS/c1-14(17-19-7-13-24-17)20-16(23)5-8-21-9-11-22(12-10-21)15-4-2-3-6-18-15/h2-4,6-7,13-14H,5,8-12H2,1H3,(H,20,23)/t14-/m0/s1. The van der Waals surface area contributed by atoms with Gasteiger partial charge in [0.1, 0.15) is 10.8 Å². The van der Waals surface area contributed by atoms with E-state index in [1.54, 1.807) is 17.5 Å². The molecule has 0 aliphatic carbocycles. The van der Waals surface area contributed by atoms with Gasteiger partial charge in [0.15, 0.2) is 0 Å². The minimum absolute atomic E-state index is 0.0153. The van der Waals surface area contributed by atoms with Gasteiger partial charge in [-0.1, -0.05) is 6.07 Å². The van der Waals surface area contributed by atoms with Gasteiger partial charge in [0, 0.05) is 56.9 Å². The van der Waals surface area contributed by atoms with E-state index in [2.05, 4.69) is 25.1 Å². The molecule has 1 saturated heterocycles. The molecule has 0 spiro atoms. The molecule has 128 valence electrons. The fraction of sp³-hybridized carbons (Fsp3) is 0.471. The number of aromatic nitrogens is 2. The quantitative estimate of drug-likeness (QED) is 0.867. The van der Waals surface area contributed by atoms with Crippen molar-refractivity contribution in [3.63, 3.8) is 0 Å². The first kappa shape index (κ1) is 16.9. The maximum atomic E-state index is 12.1. The Morgan fingerprint density at radius 2 is 2.08 bits per heavy atom. The average Bonchev–Trinajstić information content (AvgIpc) is 3.16. The molecule has 3 rings (SSSR count). The molecule has 1 N–H and O–H groups in total. The molecule has 1 aliphatic heterocycles. The van der Waals surface area contributed by atoms with Gasteiger partial charge in [0.05, 0.1) is 6.04 Å². The third-order valence-electron chi connectivity index (χ3n) is 4.20. The van der Waals surface area contributed by atoms with Gasteiger partial charge in [-0.15, -0.1) is 11.3 Å². The van der Waals surface area contributed by atoms with E-state index in [9.17, 15) is 4.79 Å². The number of nitrogens with one attached hydrogen (secondary N) is 1. The SMILES string of the molecule is C[C@H](NC(=O)CCN1CCN(c2ccccn2)CC1)c1nccs1. The molecule has 24 heavy (non-hydrogen) atoms. The Labute approximate surface area is 146 Å². The molecular formula is C17H23N5OS. The van der Waals surface area contributed by atoms with E-state index >= 15 is 0 Å². The molecule has 6 nitrogen and oxygen atoms in total. The largest absolute Gasteiger partial charge is 0.354 e. The maximum absolute atomic E-state index is 12.1. The fourth-order valence-electron chi connectivity index (χ4n) is 2.82. The van der Waals surface area contributed by atoms with Crippen LogP contribution in [0.15, 0.2) is 36.0 Å². The molecule has 3 heterocycles. The minimum atomic E-state index is -0.0153. The molecule has 1 atom stereocenters. The molecule has 0 bridgehead atoms. The molecule has 1 aliphatic rings. The van der Waals surface area contributed by atoms with Crippen LogP contribution in [0.5, 0.6) is 0 Å². The van der Waals surface area contributed by atoms with Crippen molar-refractivity contribution < 1.29 is 4.79 Å². The van der Waals surface area contributed by atoms with Crippen LogP contribution < -0.4 is 10.2 Å². The number of anilines is 1. The third-order valence-corrected chi connectivity index (χ3v) is 5.16. The van der Waals surface area contributed by atoms with E-state index in [0.29, 0.717) is 6.42 Å². The lowest BCUT2D eigenvalue weighted by Crippen LogP contribution is -2.47. The molecule has 0 aromatic carbocycles. The van der Waals surface area contributed by atoms with Crippen LogP contribution in [0.3, 0.4) is 0 Å². The summed E-state index contributed by atoms with van der Waals surface area (Å²) in [5.74, 6) is 1.12. The monoisotopic (exact) mass is 345 g/mol. The van der Waals surface area contributed by atoms with Gasteiger partial charge >= 0.3 is 0 Å². The van der Waals surface area contributed by atoms with Crippen molar-refractivity contribution in [2.75, 3.05) is 37.6 Å². The first-order valence-electron chi connectivity index (χ1n) is 8.29. The Morgan fingerprint density at radius 3 is 2.75 bits per heavy atom. The summed E-state index contributed by atoms with van der Waals surface area (Å²) in [6, 6.07) is 5.98. The van der Waals surface area contributed by atoms with Gasteiger partial charge in [0.2, 0.25) is 5.91 Å². The van der Waals surface area contributed by atoms with Crippen LogP contribution in [-0.4, -0.2) is 53.5 Å². The molecule has 1 fully saturated rings. The highest BCUT2D eigenvalue weighted by Gasteiger charge is 2.19. The zero-order valence-corrected chi connectivity index (χ0v) is 14.7. The van der Waals surface area contributed by atoms with Gasteiger partial charge in [-0.05, 0) is 19.1 Å². The summed E-state index contributed by atoms with van der Waals surface area (Å²) in [5.41, 5.74) is 0. The van der Waals surface area contributed by atoms with Crippen LogP contribution in [0.2, 0.25) is 0 Å². The van der Waals surface area contributed by atoms with E-state index in [4.69, 9.17) is 0 Å². The number of piperazine rings is 1. The molecule has 1 amide bonds. The lowest BCUT2D eigenvalue weighted by Gasteiger charge is -2.35. The van der Waals surface area contributed by atoms with E-state index in [1.807, 2.05) is 36.7 Å². The molecule has 0 unspecified atom stereocenters. The van der Waals surface area contributed by atoms with Gasteiger partial charge in [-0.25, -0.2) is 9.97 Å². The average molecular weight is 345 g/mol. The zero-order valence-electron chi connectivity index (χ0n) is 13.9. The minimum Gasteiger partial charge on any atom is -0.354 e. The van der Waals surface area contributed by atoms with E-state index in [0.717, 1.165) is 43.5 Å². The second kappa shape index (κ2) is 8.21. The molecule has 2 aromatic heterocycles. The van der Waals surface area contributed by atoms with Crippen molar-refractivity contribution in [1.29, 1.82) is 0 Å². The first-order valence-corrected chi connectivity index (χ1v) is 9.17. The predicted molar refractivity (Wildman–Crippen MR) is 96.2 cm³/mol. The summed E-state index contributed by atoms with van der Waals surface area (Å²) in [6.07, 6.45) is 4.12. The lowest BCUT2D eigenvalue weighted by atomic mass is 10.2. The Bertz CT molecular complexity index is 626. The summed E-state index contributed by atoms with van der Waals surface area (Å²) >= 11 is 1.57. The van der Waals surface area contributed by atoms with E-state index in [1.165, 1.54) is 0 Å². The number of thiazole rings is 1.